The Morgan fingerprint density at radius 1 is 0.953 bits per heavy atom. The zero-order valence-electron chi connectivity index (χ0n) is 24.7. The summed E-state index contributed by atoms with van der Waals surface area (Å²) in [7, 11) is 0. The third-order valence-electron chi connectivity index (χ3n) is 6.73. The fourth-order valence-electron chi connectivity index (χ4n) is 4.74. The van der Waals surface area contributed by atoms with E-state index in [0.717, 1.165) is 28.9 Å². The molecule has 10 heteroatoms. The van der Waals surface area contributed by atoms with Gasteiger partial charge in [0.15, 0.2) is 0 Å². The van der Waals surface area contributed by atoms with E-state index in [0.29, 0.717) is 29.9 Å². The smallest absolute Gasteiger partial charge is 0.494 e. The van der Waals surface area contributed by atoms with Crippen LogP contribution >= 0.6 is 23.2 Å². The van der Waals surface area contributed by atoms with E-state index in [1.807, 2.05) is 54.6 Å². The number of hydrogen-bond donors (Lipinski definition) is 1. The summed E-state index contributed by atoms with van der Waals surface area (Å²) in [4.78, 5) is 17.8. The predicted molar refractivity (Wildman–Crippen MR) is 165 cm³/mol. The number of ether oxygens (including phenoxy) is 4. The maximum Gasteiger partial charge on any atom is 0.528 e. The Bertz CT molecular complexity index is 1300. The molecule has 1 N–H and O–H groups in total. The third kappa shape index (κ3) is 10.7. The molecule has 232 valence electrons. The Hall–Kier alpha value is -2.85. The van der Waals surface area contributed by atoms with Gasteiger partial charge in [-0.15, -0.1) is 5.06 Å². The van der Waals surface area contributed by atoms with Crippen LogP contribution in [-0.4, -0.2) is 60.4 Å². The molecule has 3 aromatic rings. The maximum absolute atomic E-state index is 12.3. The highest BCUT2D eigenvalue weighted by molar-refractivity contribution is 6.35. The first-order chi connectivity index (χ1) is 20.6. The Kier molecular flexibility index (Phi) is 12.1. The van der Waals surface area contributed by atoms with Gasteiger partial charge in [-0.2, -0.15) is 0 Å². The summed E-state index contributed by atoms with van der Waals surface area (Å²) in [6.45, 7) is 7.44. The lowest BCUT2D eigenvalue weighted by molar-refractivity contribution is -0.201. The van der Waals surface area contributed by atoms with Crippen LogP contribution in [-0.2, 0) is 32.3 Å². The van der Waals surface area contributed by atoms with Crippen LogP contribution in [0.15, 0.2) is 72.8 Å². The van der Waals surface area contributed by atoms with Crippen molar-refractivity contribution in [1.29, 1.82) is 0 Å². The van der Waals surface area contributed by atoms with Gasteiger partial charge in [0.25, 0.3) is 0 Å². The maximum atomic E-state index is 12.3. The van der Waals surface area contributed by atoms with Gasteiger partial charge in [-0.25, -0.2) is 4.79 Å². The molecule has 3 aromatic carbocycles. The zero-order chi connectivity index (χ0) is 30.8. The standard InChI is InChI=1S/C33H39Cl2NO7/c1-33(2,3)42-32(38)43-36-19-29(37)31(30(20-36)41-22-25-10-13-26(34)18-28(25)35)24-11-14-27(15-12-24)40-17-7-16-39-21-23-8-5-4-6-9-23/h4-6,8-15,18,29-31,37H,7,16-17,19-22H2,1-3H3. The van der Waals surface area contributed by atoms with Crippen LogP contribution in [0.5, 0.6) is 5.75 Å². The van der Waals surface area contributed by atoms with Gasteiger partial charge in [0, 0.05) is 22.4 Å². The number of carbonyl (C=O) groups excluding carboxylic acids is 1. The van der Waals surface area contributed by atoms with E-state index in [2.05, 4.69) is 0 Å². The fraction of sp³-hybridized carbons (Fsp3) is 0.424. The Morgan fingerprint density at radius 2 is 1.70 bits per heavy atom. The molecule has 8 nitrogen and oxygen atoms in total. The van der Waals surface area contributed by atoms with Crippen LogP contribution in [0, 0.1) is 0 Å². The molecule has 1 aliphatic heterocycles. The number of carbonyl (C=O) groups is 1. The summed E-state index contributed by atoms with van der Waals surface area (Å²) in [5.74, 6) is 0.322. The van der Waals surface area contributed by atoms with E-state index in [4.69, 9.17) is 47.0 Å². The second kappa shape index (κ2) is 15.7. The minimum Gasteiger partial charge on any atom is -0.494 e. The molecule has 0 radical (unpaired) electrons. The normalized spacial score (nSPS) is 19.2. The quantitative estimate of drug-likeness (QED) is 0.166. The zero-order valence-corrected chi connectivity index (χ0v) is 26.2. The molecule has 4 rings (SSSR count). The SMILES string of the molecule is CC(C)(C)OC(=O)ON1CC(O)C(c2ccc(OCCCOCc3ccccc3)cc2)C(OCc2ccc(Cl)cc2Cl)C1. The molecule has 0 aromatic heterocycles. The molecule has 3 unspecified atom stereocenters. The number of halogens is 2. The number of rotatable bonds is 12. The van der Waals surface area contributed by atoms with Gasteiger partial charge < -0.3 is 28.9 Å². The van der Waals surface area contributed by atoms with Crippen LogP contribution < -0.4 is 4.74 Å². The van der Waals surface area contributed by atoms with Gasteiger partial charge in [-0.3, -0.25) is 0 Å². The topological polar surface area (TPSA) is 86.7 Å². The van der Waals surface area contributed by atoms with Gasteiger partial charge >= 0.3 is 6.16 Å². The molecule has 0 aliphatic carbocycles. The van der Waals surface area contributed by atoms with Gasteiger partial charge in [-0.1, -0.05) is 71.7 Å². The summed E-state index contributed by atoms with van der Waals surface area (Å²) in [6, 6.07) is 22.8. The van der Waals surface area contributed by atoms with Crippen molar-refractivity contribution in [3.05, 3.63) is 99.5 Å². The summed E-state index contributed by atoms with van der Waals surface area (Å²) in [5, 5.41) is 13.6. The van der Waals surface area contributed by atoms with Crippen molar-refractivity contribution in [1.82, 2.24) is 5.06 Å². The van der Waals surface area contributed by atoms with E-state index in [-0.39, 0.29) is 19.7 Å². The first-order valence-electron chi connectivity index (χ1n) is 14.3. The lowest BCUT2D eigenvalue weighted by atomic mass is 9.85. The second-order valence-electron chi connectivity index (χ2n) is 11.4. The van der Waals surface area contributed by atoms with Crippen molar-refractivity contribution in [2.45, 2.75) is 64.1 Å². The van der Waals surface area contributed by atoms with Crippen LogP contribution in [0.4, 0.5) is 4.79 Å². The monoisotopic (exact) mass is 631 g/mol. The van der Waals surface area contributed by atoms with Crippen LogP contribution in [0.25, 0.3) is 0 Å². The molecule has 1 heterocycles. The summed E-state index contributed by atoms with van der Waals surface area (Å²) in [5.41, 5.74) is 2.05. The highest BCUT2D eigenvalue weighted by Gasteiger charge is 2.40. The Balaban J connectivity index is 1.36. The van der Waals surface area contributed by atoms with Crippen molar-refractivity contribution in [3.63, 3.8) is 0 Å². The lowest BCUT2D eigenvalue weighted by Gasteiger charge is -2.40. The molecule has 1 fully saturated rings. The van der Waals surface area contributed by atoms with Gasteiger partial charge in [0.1, 0.15) is 11.4 Å². The summed E-state index contributed by atoms with van der Waals surface area (Å²) >= 11 is 12.4. The summed E-state index contributed by atoms with van der Waals surface area (Å²) in [6.07, 6.45) is -1.52. The number of aliphatic hydroxyl groups is 1. The number of nitrogens with zero attached hydrogens (tertiary/aromatic N) is 1. The van der Waals surface area contributed by atoms with Crippen molar-refractivity contribution >= 4 is 29.4 Å². The molecule has 1 aliphatic rings. The first-order valence-corrected chi connectivity index (χ1v) is 15.1. The number of β-amino-alcohol motifs (C(OH)–C–C–N with tert-alkyl or cyclic N) is 1. The van der Waals surface area contributed by atoms with Gasteiger partial charge in [-0.05, 0) is 61.7 Å². The minimum absolute atomic E-state index is 0.0900. The molecule has 1 saturated heterocycles. The summed E-state index contributed by atoms with van der Waals surface area (Å²) < 4.78 is 23.2. The average molecular weight is 633 g/mol. The van der Waals surface area contributed by atoms with Gasteiger partial charge in [0.2, 0.25) is 0 Å². The molecule has 43 heavy (non-hydrogen) atoms. The Morgan fingerprint density at radius 3 is 2.40 bits per heavy atom. The van der Waals surface area contributed by atoms with Crippen molar-refractivity contribution < 1.29 is 33.7 Å². The Labute approximate surface area is 263 Å². The average Bonchev–Trinajstić information content (AvgIpc) is 2.94. The van der Waals surface area contributed by atoms with E-state index >= 15 is 0 Å². The predicted octanol–water partition coefficient (Wildman–Crippen LogP) is 7.19. The van der Waals surface area contributed by atoms with E-state index in [1.54, 1.807) is 39.0 Å². The fourth-order valence-corrected chi connectivity index (χ4v) is 5.20. The van der Waals surface area contributed by atoms with Gasteiger partial charge in [0.05, 0.1) is 51.7 Å². The number of aliphatic hydroxyl groups excluding tert-OH is 1. The van der Waals surface area contributed by atoms with Crippen molar-refractivity contribution in [3.8, 4) is 5.75 Å². The van der Waals surface area contributed by atoms with Crippen molar-refractivity contribution in [2.24, 2.45) is 0 Å². The second-order valence-corrected chi connectivity index (χ2v) is 12.2. The molecular formula is C33H39Cl2NO7. The number of hydrogen-bond acceptors (Lipinski definition) is 8. The molecule has 0 amide bonds. The van der Waals surface area contributed by atoms with E-state index in [9.17, 15) is 9.90 Å². The molecule has 0 saturated carbocycles. The van der Waals surface area contributed by atoms with E-state index in [1.165, 1.54) is 5.06 Å². The molecule has 3 atom stereocenters. The molecule has 0 bridgehead atoms. The highest BCUT2D eigenvalue weighted by atomic mass is 35.5. The largest absolute Gasteiger partial charge is 0.528 e. The van der Waals surface area contributed by atoms with E-state index < -0.39 is 29.9 Å². The number of hydroxylamine groups is 2. The van der Waals surface area contributed by atoms with Crippen LogP contribution in [0.1, 0.15) is 49.8 Å². The van der Waals surface area contributed by atoms with Crippen LogP contribution in [0.2, 0.25) is 10.0 Å². The van der Waals surface area contributed by atoms with Crippen LogP contribution in [0.3, 0.4) is 0 Å². The molecular weight excluding hydrogens is 593 g/mol. The third-order valence-corrected chi connectivity index (χ3v) is 7.32. The first kappa shape index (κ1) is 33.1. The number of benzene rings is 3. The van der Waals surface area contributed by atoms with Crippen molar-refractivity contribution in [2.75, 3.05) is 26.3 Å². The highest BCUT2D eigenvalue weighted by Crippen LogP contribution is 2.33. The lowest BCUT2D eigenvalue weighted by Crippen LogP contribution is -2.52. The molecule has 0 spiro atoms. The number of piperidine rings is 1. The minimum atomic E-state index is -0.893.